The number of para-hydroxylation sites is 1. The van der Waals surface area contributed by atoms with Crippen LogP contribution in [0.1, 0.15) is 16.7 Å². The van der Waals surface area contributed by atoms with Gasteiger partial charge in [-0.05, 0) is 68.3 Å². The second-order valence-electron chi connectivity index (χ2n) is 7.68. The molecule has 0 aliphatic rings. The molecule has 0 unspecified atom stereocenters. The Morgan fingerprint density at radius 3 is 2.12 bits per heavy atom. The fourth-order valence-electron chi connectivity index (χ4n) is 3.31. The molecule has 0 aliphatic heterocycles. The van der Waals surface area contributed by atoms with Gasteiger partial charge in [-0.1, -0.05) is 42.0 Å². The van der Waals surface area contributed by atoms with Crippen LogP contribution >= 0.6 is 0 Å². The molecule has 0 aromatic heterocycles. The Morgan fingerprint density at radius 1 is 0.875 bits per heavy atom. The molecule has 3 rings (SSSR count). The Balaban J connectivity index is 1.76. The van der Waals surface area contributed by atoms with E-state index >= 15 is 0 Å². The van der Waals surface area contributed by atoms with Crippen LogP contribution in [0.5, 0.6) is 5.75 Å². The van der Waals surface area contributed by atoms with Crippen LogP contribution in [-0.2, 0) is 14.8 Å². The third-order valence-electron chi connectivity index (χ3n) is 4.83. The van der Waals surface area contributed by atoms with Crippen molar-refractivity contribution in [3.63, 3.8) is 0 Å². The van der Waals surface area contributed by atoms with Crippen molar-refractivity contribution in [1.82, 2.24) is 5.32 Å². The van der Waals surface area contributed by atoms with E-state index in [4.69, 9.17) is 4.74 Å². The summed E-state index contributed by atoms with van der Waals surface area (Å²) in [6.45, 7) is 5.90. The highest BCUT2D eigenvalue weighted by atomic mass is 32.2. The maximum atomic E-state index is 13.4. The first-order valence-corrected chi connectivity index (χ1v) is 11.8. The van der Waals surface area contributed by atoms with Gasteiger partial charge in [0.15, 0.2) is 0 Å². The van der Waals surface area contributed by atoms with Crippen LogP contribution in [0.4, 0.5) is 5.69 Å². The van der Waals surface area contributed by atoms with Crippen LogP contribution in [0.25, 0.3) is 0 Å². The normalized spacial score (nSPS) is 11.1. The summed E-state index contributed by atoms with van der Waals surface area (Å²) in [4.78, 5) is 12.8. The molecule has 3 aromatic carbocycles. The van der Waals surface area contributed by atoms with Crippen molar-refractivity contribution < 1.29 is 17.9 Å². The summed E-state index contributed by atoms with van der Waals surface area (Å²) in [7, 11) is -3.93. The Hall–Kier alpha value is -3.32. The maximum Gasteiger partial charge on any atom is 0.264 e. The highest BCUT2D eigenvalue weighted by Gasteiger charge is 2.27. The van der Waals surface area contributed by atoms with Crippen LogP contribution in [-0.4, -0.2) is 34.0 Å². The summed E-state index contributed by atoms with van der Waals surface area (Å²) >= 11 is 0. The van der Waals surface area contributed by atoms with E-state index in [9.17, 15) is 13.2 Å². The molecule has 0 heterocycles. The number of amides is 1. The number of nitrogens with zero attached hydrogens (tertiary/aromatic N) is 1. The minimum Gasteiger partial charge on any atom is -0.492 e. The van der Waals surface area contributed by atoms with Crippen LogP contribution in [0.2, 0.25) is 0 Å². The van der Waals surface area contributed by atoms with Gasteiger partial charge in [0.1, 0.15) is 18.9 Å². The van der Waals surface area contributed by atoms with Crippen molar-refractivity contribution in [3.8, 4) is 5.75 Å². The molecule has 0 radical (unpaired) electrons. The maximum absolute atomic E-state index is 13.4. The number of aryl methyl sites for hydroxylation is 3. The minimum atomic E-state index is -3.93. The number of sulfonamides is 1. The zero-order valence-electron chi connectivity index (χ0n) is 18.5. The van der Waals surface area contributed by atoms with Crippen molar-refractivity contribution >= 4 is 21.6 Å². The monoisotopic (exact) mass is 452 g/mol. The number of benzene rings is 3. The van der Waals surface area contributed by atoms with E-state index in [1.807, 2.05) is 57.2 Å². The molecule has 0 fully saturated rings. The summed E-state index contributed by atoms with van der Waals surface area (Å²) < 4.78 is 33.6. The zero-order chi connectivity index (χ0) is 23.1. The molecule has 7 heteroatoms. The van der Waals surface area contributed by atoms with Gasteiger partial charge in [-0.3, -0.25) is 9.10 Å². The van der Waals surface area contributed by atoms with E-state index < -0.39 is 15.9 Å². The summed E-state index contributed by atoms with van der Waals surface area (Å²) in [5.74, 6) is 0.303. The fraction of sp³-hybridized carbons (Fsp3) is 0.240. The second-order valence-corrected chi connectivity index (χ2v) is 9.54. The third kappa shape index (κ3) is 6.11. The zero-order valence-corrected chi connectivity index (χ0v) is 19.4. The van der Waals surface area contributed by atoms with E-state index in [0.717, 1.165) is 21.0 Å². The Labute approximate surface area is 189 Å². The first-order valence-electron chi connectivity index (χ1n) is 10.4. The lowest BCUT2D eigenvalue weighted by Gasteiger charge is -2.25. The van der Waals surface area contributed by atoms with E-state index in [0.29, 0.717) is 11.4 Å². The molecule has 3 aromatic rings. The Bertz CT molecular complexity index is 1140. The van der Waals surface area contributed by atoms with Crippen LogP contribution in [0, 0.1) is 20.8 Å². The second kappa shape index (κ2) is 10.3. The lowest BCUT2D eigenvalue weighted by Crippen LogP contribution is -2.42. The molecule has 6 nitrogen and oxygen atoms in total. The summed E-state index contributed by atoms with van der Waals surface area (Å²) in [5, 5.41) is 2.75. The first kappa shape index (κ1) is 23.3. The fourth-order valence-corrected chi connectivity index (χ4v) is 4.71. The first-order chi connectivity index (χ1) is 15.3. The molecule has 32 heavy (non-hydrogen) atoms. The predicted octanol–water partition coefficient (Wildman–Crippen LogP) is 4.00. The van der Waals surface area contributed by atoms with Crippen molar-refractivity contribution in [2.75, 3.05) is 24.0 Å². The van der Waals surface area contributed by atoms with Crippen molar-refractivity contribution in [2.45, 2.75) is 25.7 Å². The number of ether oxygens (including phenoxy) is 1. The number of anilines is 1. The van der Waals surface area contributed by atoms with Crippen LogP contribution < -0.4 is 14.4 Å². The SMILES string of the molecule is Cc1ccc(S(=O)(=O)N(CC(=O)NCCOc2ccccc2)c2cc(C)cc(C)c2)cc1. The van der Waals surface area contributed by atoms with Gasteiger partial charge in [0, 0.05) is 0 Å². The topological polar surface area (TPSA) is 75.7 Å². The average molecular weight is 453 g/mol. The molecule has 1 N–H and O–H groups in total. The lowest BCUT2D eigenvalue weighted by atomic mass is 10.1. The van der Waals surface area contributed by atoms with Gasteiger partial charge in [0.25, 0.3) is 10.0 Å². The van der Waals surface area contributed by atoms with E-state index in [2.05, 4.69) is 5.32 Å². The average Bonchev–Trinajstić information content (AvgIpc) is 2.75. The smallest absolute Gasteiger partial charge is 0.264 e. The molecule has 0 saturated carbocycles. The number of rotatable bonds is 9. The third-order valence-corrected chi connectivity index (χ3v) is 6.61. The molecular weight excluding hydrogens is 424 g/mol. The van der Waals surface area contributed by atoms with E-state index in [-0.39, 0.29) is 24.6 Å². The van der Waals surface area contributed by atoms with Crippen LogP contribution in [0.3, 0.4) is 0 Å². The number of carbonyl (C=O) groups excluding carboxylic acids is 1. The summed E-state index contributed by atoms with van der Waals surface area (Å²) in [6.07, 6.45) is 0. The van der Waals surface area contributed by atoms with E-state index in [1.54, 1.807) is 36.4 Å². The van der Waals surface area contributed by atoms with Gasteiger partial charge in [-0.15, -0.1) is 0 Å². The molecule has 0 bridgehead atoms. The molecular formula is C25H28N2O4S. The highest BCUT2D eigenvalue weighted by Crippen LogP contribution is 2.26. The number of hydrogen-bond acceptors (Lipinski definition) is 4. The van der Waals surface area contributed by atoms with Gasteiger partial charge in [0.2, 0.25) is 5.91 Å². The van der Waals surface area contributed by atoms with Gasteiger partial charge in [0.05, 0.1) is 17.1 Å². The Kier molecular flexibility index (Phi) is 7.53. The largest absolute Gasteiger partial charge is 0.492 e. The van der Waals surface area contributed by atoms with Crippen molar-refractivity contribution in [1.29, 1.82) is 0 Å². The lowest BCUT2D eigenvalue weighted by molar-refractivity contribution is -0.119. The molecule has 0 atom stereocenters. The predicted molar refractivity (Wildman–Crippen MR) is 127 cm³/mol. The van der Waals surface area contributed by atoms with Crippen molar-refractivity contribution in [2.24, 2.45) is 0 Å². The van der Waals surface area contributed by atoms with Gasteiger partial charge < -0.3 is 10.1 Å². The van der Waals surface area contributed by atoms with Crippen LogP contribution in [0.15, 0.2) is 77.7 Å². The van der Waals surface area contributed by atoms with Gasteiger partial charge >= 0.3 is 0 Å². The quantitative estimate of drug-likeness (QED) is 0.498. The standard InChI is InChI=1S/C25H28N2O4S/c1-19-9-11-24(12-10-19)32(29,30)27(22-16-20(2)15-21(3)17-22)18-25(28)26-13-14-31-23-7-5-4-6-8-23/h4-12,15-17H,13-14,18H2,1-3H3,(H,26,28). The number of nitrogens with one attached hydrogen (secondary N) is 1. The number of carbonyl (C=O) groups is 1. The summed E-state index contributed by atoms with van der Waals surface area (Å²) in [5.41, 5.74) is 3.25. The number of hydrogen-bond donors (Lipinski definition) is 1. The highest BCUT2D eigenvalue weighted by molar-refractivity contribution is 7.92. The summed E-state index contributed by atoms with van der Waals surface area (Å²) in [6, 6.07) is 21.4. The molecule has 0 spiro atoms. The van der Waals surface area contributed by atoms with E-state index in [1.165, 1.54) is 0 Å². The molecule has 168 valence electrons. The molecule has 0 saturated heterocycles. The van der Waals surface area contributed by atoms with Gasteiger partial charge in [-0.2, -0.15) is 0 Å². The Morgan fingerprint density at radius 2 is 1.50 bits per heavy atom. The molecule has 1 amide bonds. The van der Waals surface area contributed by atoms with Crippen molar-refractivity contribution in [3.05, 3.63) is 89.5 Å². The van der Waals surface area contributed by atoms with Gasteiger partial charge in [-0.25, -0.2) is 8.42 Å². The minimum absolute atomic E-state index is 0.141. The molecule has 0 aliphatic carbocycles.